The summed E-state index contributed by atoms with van der Waals surface area (Å²) in [7, 11) is 0. The van der Waals surface area contributed by atoms with Gasteiger partial charge < -0.3 is 15.5 Å². The largest absolute Gasteiger partial charge is 0.375 e. The van der Waals surface area contributed by atoms with E-state index in [1.807, 2.05) is 41.5 Å². The molecule has 0 saturated carbocycles. The second-order valence-electron chi connectivity index (χ2n) is 7.42. The average Bonchev–Trinajstić information content (AvgIpc) is 3.44. The lowest BCUT2D eigenvalue weighted by molar-refractivity contribution is -0.114. The molecule has 0 bridgehead atoms. The monoisotopic (exact) mass is 454 g/mol. The number of anilines is 2. The molecule has 160 valence electrons. The topological polar surface area (TPSA) is 74.3 Å². The minimum Gasteiger partial charge on any atom is -0.375 e. The molecule has 8 heteroatoms. The molecule has 1 aromatic heterocycles. The average molecular weight is 455 g/mol. The Morgan fingerprint density at radius 2 is 1.97 bits per heavy atom. The molecule has 6 nitrogen and oxygen atoms in total. The van der Waals surface area contributed by atoms with Crippen LogP contribution in [0.25, 0.3) is 11.3 Å². The summed E-state index contributed by atoms with van der Waals surface area (Å²) in [5, 5.41) is 9.47. The minimum absolute atomic E-state index is 0.0297. The molecule has 1 saturated heterocycles. The van der Waals surface area contributed by atoms with Gasteiger partial charge in [0.25, 0.3) is 5.91 Å². The van der Waals surface area contributed by atoms with Gasteiger partial charge >= 0.3 is 0 Å². The van der Waals surface area contributed by atoms with Gasteiger partial charge in [-0.3, -0.25) is 9.59 Å². The van der Waals surface area contributed by atoms with E-state index in [-0.39, 0.29) is 18.4 Å². The number of amides is 2. The van der Waals surface area contributed by atoms with Crippen LogP contribution in [0.15, 0.2) is 47.8 Å². The zero-order valence-corrected chi connectivity index (χ0v) is 18.7. The standard InChI is InChI=1S/C23H23ClN4O2S/c1-15-26-21(14-31-15)16-5-4-6-18(11-16)27-22(29)13-25-20-8-7-17(24)12-19(20)23(30)28-9-2-3-10-28/h4-8,11-12,14,25H,2-3,9-10,13H2,1H3,(H,27,29). The van der Waals surface area contributed by atoms with Crippen LogP contribution in [0.3, 0.4) is 0 Å². The Labute approximate surface area is 190 Å². The second-order valence-corrected chi connectivity index (χ2v) is 8.92. The minimum atomic E-state index is -0.207. The molecule has 1 aliphatic rings. The fraction of sp³-hybridized carbons (Fsp3) is 0.261. The third-order valence-electron chi connectivity index (χ3n) is 5.11. The van der Waals surface area contributed by atoms with E-state index in [9.17, 15) is 9.59 Å². The summed E-state index contributed by atoms with van der Waals surface area (Å²) in [6.07, 6.45) is 2.02. The molecule has 2 aromatic carbocycles. The first kappa shape index (κ1) is 21.3. The maximum atomic E-state index is 12.9. The molecule has 1 fully saturated rings. The van der Waals surface area contributed by atoms with Crippen LogP contribution in [0.5, 0.6) is 0 Å². The van der Waals surface area contributed by atoms with Crippen LogP contribution in [-0.2, 0) is 4.79 Å². The highest BCUT2D eigenvalue weighted by Gasteiger charge is 2.22. The molecular formula is C23H23ClN4O2S. The summed E-state index contributed by atoms with van der Waals surface area (Å²) in [5.41, 5.74) is 3.62. The number of hydrogen-bond acceptors (Lipinski definition) is 5. The van der Waals surface area contributed by atoms with Crippen molar-refractivity contribution in [3.8, 4) is 11.3 Å². The number of nitrogens with zero attached hydrogens (tertiary/aromatic N) is 2. The van der Waals surface area contributed by atoms with Crippen molar-refractivity contribution in [2.24, 2.45) is 0 Å². The Morgan fingerprint density at radius 1 is 1.16 bits per heavy atom. The van der Waals surface area contributed by atoms with Crippen molar-refractivity contribution in [1.82, 2.24) is 9.88 Å². The summed E-state index contributed by atoms with van der Waals surface area (Å²) in [6, 6.07) is 12.7. The van der Waals surface area contributed by atoms with Crippen molar-refractivity contribution in [1.29, 1.82) is 0 Å². The van der Waals surface area contributed by atoms with Crippen molar-refractivity contribution in [2.45, 2.75) is 19.8 Å². The van der Waals surface area contributed by atoms with Gasteiger partial charge in [0.2, 0.25) is 5.91 Å². The van der Waals surface area contributed by atoms with Gasteiger partial charge in [-0.2, -0.15) is 0 Å². The van der Waals surface area contributed by atoms with E-state index < -0.39 is 0 Å². The van der Waals surface area contributed by atoms with Crippen molar-refractivity contribution >= 4 is 46.1 Å². The summed E-state index contributed by atoms with van der Waals surface area (Å²) >= 11 is 7.71. The third kappa shape index (κ3) is 5.24. The molecule has 0 aliphatic carbocycles. The van der Waals surface area contributed by atoms with Gasteiger partial charge in [0.05, 0.1) is 22.8 Å². The predicted molar refractivity (Wildman–Crippen MR) is 126 cm³/mol. The highest BCUT2D eigenvalue weighted by atomic mass is 35.5. The number of thiazole rings is 1. The number of carbonyl (C=O) groups is 2. The van der Waals surface area contributed by atoms with Crippen molar-refractivity contribution in [2.75, 3.05) is 30.3 Å². The highest BCUT2D eigenvalue weighted by Crippen LogP contribution is 2.25. The zero-order valence-electron chi connectivity index (χ0n) is 17.2. The first-order chi connectivity index (χ1) is 15.0. The fourth-order valence-corrected chi connectivity index (χ4v) is 4.37. The van der Waals surface area contributed by atoms with Gasteiger partial charge in [-0.05, 0) is 50.1 Å². The number of hydrogen-bond donors (Lipinski definition) is 2. The molecule has 0 atom stereocenters. The van der Waals surface area contributed by atoms with Crippen LogP contribution in [0.4, 0.5) is 11.4 Å². The van der Waals surface area contributed by atoms with Crippen LogP contribution < -0.4 is 10.6 Å². The number of likely N-dealkylation sites (tertiary alicyclic amines) is 1. The molecular weight excluding hydrogens is 432 g/mol. The van der Waals surface area contributed by atoms with Gasteiger partial charge in [0.1, 0.15) is 0 Å². The van der Waals surface area contributed by atoms with Crippen LogP contribution in [0, 0.1) is 6.92 Å². The van der Waals surface area contributed by atoms with Crippen LogP contribution in [0.1, 0.15) is 28.2 Å². The first-order valence-corrected chi connectivity index (χ1v) is 11.4. The fourth-order valence-electron chi connectivity index (χ4n) is 3.57. The van der Waals surface area contributed by atoms with Gasteiger partial charge in [-0.1, -0.05) is 23.7 Å². The molecule has 1 aliphatic heterocycles. The van der Waals surface area contributed by atoms with Crippen LogP contribution in [0.2, 0.25) is 5.02 Å². The number of halogens is 1. The van der Waals surface area contributed by atoms with Crippen molar-refractivity contribution in [3.05, 3.63) is 63.4 Å². The molecule has 4 rings (SSSR count). The van der Waals surface area contributed by atoms with Gasteiger partial charge in [-0.15, -0.1) is 11.3 Å². The van der Waals surface area contributed by atoms with Crippen LogP contribution in [-0.4, -0.2) is 41.3 Å². The van der Waals surface area contributed by atoms with Crippen molar-refractivity contribution < 1.29 is 9.59 Å². The maximum absolute atomic E-state index is 12.9. The molecule has 2 heterocycles. The van der Waals surface area contributed by atoms with E-state index in [0.717, 1.165) is 42.2 Å². The third-order valence-corrected chi connectivity index (χ3v) is 6.11. The number of aromatic nitrogens is 1. The first-order valence-electron chi connectivity index (χ1n) is 10.1. The number of benzene rings is 2. The normalized spacial score (nSPS) is 13.3. The summed E-state index contributed by atoms with van der Waals surface area (Å²) < 4.78 is 0. The highest BCUT2D eigenvalue weighted by molar-refractivity contribution is 7.09. The maximum Gasteiger partial charge on any atom is 0.256 e. The molecule has 0 radical (unpaired) electrons. The number of carbonyl (C=O) groups excluding carboxylic acids is 2. The van der Waals surface area contributed by atoms with E-state index >= 15 is 0 Å². The van der Waals surface area contributed by atoms with Gasteiger partial charge in [-0.25, -0.2) is 4.98 Å². The van der Waals surface area contributed by atoms with E-state index in [4.69, 9.17) is 11.6 Å². The Morgan fingerprint density at radius 3 is 2.71 bits per heavy atom. The Kier molecular flexibility index (Phi) is 6.53. The molecule has 2 N–H and O–H groups in total. The quantitative estimate of drug-likeness (QED) is 0.546. The van der Waals surface area contributed by atoms with Gasteiger partial charge in [0, 0.05) is 40.4 Å². The smallest absolute Gasteiger partial charge is 0.256 e. The van der Waals surface area contributed by atoms with E-state index in [1.165, 1.54) is 0 Å². The number of nitrogens with one attached hydrogen (secondary N) is 2. The lowest BCUT2D eigenvalue weighted by Gasteiger charge is -2.18. The molecule has 2 amide bonds. The Hall–Kier alpha value is -2.90. The summed E-state index contributed by atoms with van der Waals surface area (Å²) in [6.45, 7) is 3.49. The zero-order chi connectivity index (χ0) is 21.8. The molecule has 0 spiro atoms. The van der Waals surface area contributed by atoms with Gasteiger partial charge in [0.15, 0.2) is 0 Å². The number of aryl methyl sites for hydroxylation is 1. The second kappa shape index (κ2) is 9.49. The lowest BCUT2D eigenvalue weighted by Crippen LogP contribution is -2.29. The number of rotatable bonds is 6. The van der Waals surface area contributed by atoms with Crippen molar-refractivity contribution in [3.63, 3.8) is 0 Å². The predicted octanol–water partition coefficient (Wildman–Crippen LogP) is 5.06. The van der Waals surface area contributed by atoms with Crippen LogP contribution >= 0.6 is 22.9 Å². The Balaban J connectivity index is 1.42. The molecule has 0 unspecified atom stereocenters. The molecule has 3 aromatic rings. The van der Waals surface area contributed by atoms with E-state index in [2.05, 4.69) is 15.6 Å². The van der Waals surface area contributed by atoms with E-state index in [0.29, 0.717) is 22.0 Å². The van der Waals surface area contributed by atoms with E-state index in [1.54, 1.807) is 29.5 Å². The lowest BCUT2D eigenvalue weighted by atomic mass is 10.1. The SMILES string of the molecule is Cc1nc(-c2cccc(NC(=O)CNc3ccc(Cl)cc3C(=O)N3CCCC3)c2)cs1. The Bertz CT molecular complexity index is 1110. The molecule has 31 heavy (non-hydrogen) atoms. The summed E-state index contributed by atoms with van der Waals surface area (Å²) in [5.74, 6) is -0.268. The summed E-state index contributed by atoms with van der Waals surface area (Å²) in [4.78, 5) is 31.7.